The standard InChI is InChI=1S/C29H30ClN3O4S/c1-4-6-10-26-32-28(34)27(29(35)33(26)25(5-2)21-8-7-9-22(30)17-21)38(36,37)23-13-11-20(12-14-23)24-15-16-31-18-19(24)3/h7-9,11-18,25,35H,4-6,10H2,1-3H3/t25-/m0/s1. The summed E-state index contributed by atoms with van der Waals surface area (Å²) in [5.41, 5.74) is 2.48. The highest BCUT2D eigenvalue weighted by Gasteiger charge is 2.32. The monoisotopic (exact) mass is 551 g/mol. The molecule has 1 N–H and O–H groups in total. The largest absolute Gasteiger partial charge is 0.493 e. The first-order chi connectivity index (χ1) is 18.2. The summed E-state index contributed by atoms with van der Waals surface area (Å²) in [5, 5.41) is 12.0. The van der Waals surface area contributed by atoms with E-state index in [1.54, 1.807) is 42.7 Å². The summed E-state index contributed by atoms with van der Waals surface area (Å²) >= 11 is 6.24. The minimum Gasteiger partial charge on any atom is -0.493 e. The third-order valence-electron chi connectivity index (χ3n) is 6.58. The van der Waals surface area contributed by atoms with Crippen LogP contribution in [0, 0.1) is 6.92 Å². The van der Waals surface area contributed by atoms with Gasteiger partial charge in [0, 0.05) is 23.8 Å². The molecule has 0 saturated carbocycles. The maximum Gasteiger partial charge on any atom is 0.296 e. The van der Waals surface area contributed by atoms with Crippen molar-refractivity contribution >= 4 is 21.4 Å². The fourth-order valence-electron chi connectivity index (χ4n) is 4.63. The number of halogens is 1. The van der Waals surface area contributed by atoms with Crippen molar-refractivity contribution < 1.29 is 13.5 Å². The van der Waals surface area contributed by atoms with Crippen LogP contribution in [0.1, 0.15) is 56.1 Å². The summed E-state index contributed by atoms with van der Waals surface area (Å²) < 4.78 is 28.9. The average Bonchev–Trinajstić information content (AvgIpc) is 2.89. The van der Waals surface area contributed by atoms with Gasteiger partial charge in [-0.3, -0.25) is 14.3 Å². The van der Waals surface area contributed by atoms with Crippen LogP contribution in [0.4, 0.5) is 0 Å². The number of benzene rings is 2. The summed E-state index contributed by atoms with van der Waals surface area (Å²) in [6.07, 6.45) is 5.89. The van der Waals surface area contributed by atoms with Gasteiger partial charge in [-0.1, -0.05) is 56.1 Å². The zero-order valence-corrected chi connectivity index (χ0v) is 23.1. The lowest BCUT2D eigenvalue weighted by Gasteiger charge is -2.25. The third kappa shape index (κ3) is 5.37. The molecule has 2 heterocycles. The van der Waals surface area contributed by atoms with Gasteiger partial charge in [0.1, 0.15) is 5.82 Å². The Morgan fingerprint density at radius 3 is 2.45 bits per heavy atom. The molecule has 0 unspecified atom stereocenters. The molecule has 0 saturated heterocycles. The van der Waals surface area contributed by atoms with Crippen molar-refractivity contribution in [2.24, 2.45) is 0 Å². The van der Waals surface area contributed by atoms with E-state index in [2.05, 4.69) is 9.97 Å². The van der Waals surface area contributed by atoms with Gasteiger partial charge in [-0.15, -0.1) is 0 Å². The van der Waals surface area contributed by atoms with E-state index in [0.29, 0.717) is 23.7 Å². The van der Waals surface area contributed by atoms with Gasteiger partial charge in [0.25, 0.3) is 5.56 Å². The molecule has 9 heteroatoms. The Hall–Kier alpha value is -3.49. The van der Waals surface area contributed by atoms with Gasteiger partial charge < -0.3 is 5.11 Å². The van der Waals surface area contributed by atoms with Crippen molar-refractivity contribution in [3.8, 4) is 17.0 Å². The van der Waals surface area contributed by atoms with Gasteiger partial charge in [0.2, 0.25) is 15.7 Å². The lowest BCUT2D eigenvalue weighted by atomic mass is 10.0. The molecule has 4 aromatic rings. The zero-order chi connectivity index (χ0) is 27.4. The van der Waals surface area contributed by atoms with E-state index in [0.717, 1.165) is 35.1 Å². The number of aromatic hydroxyl groups is 1. The van der Waals surface area contributed by atoms with E-state index >= 15 is 0 Å². The first kappa shape index (κ1) is 27.5. The second kappa shape index (κ2) is 11.5. The number of rotatable bonds is 9. The zero-order valence-electron chi connectivity index (χ0n) is 21.6. The number of aromatic nitrogens is 3. The predicted molar refractivity (Wildman–Crippen MR) is 149 cm³/mol. The number of hydrogen-bond donors (Lipinski definition) is 1. The molecule has 7 nitrogen and oxygen atoms in total. The second-order valence-electron chi connectivity index (χ2n) is 9.16. The van der Waals surface area contributed by atoms with Crippen molar-refractivity contribution in [2.45, 2.75) is 62.3 Å². The Kier molecular flexibility index (Phi) is 8.33. The number of aryl methyl sites for hydroxylation is 2. The van der Waals surface area contributed by atoms with E-state index in [9.17, 15) is 18.3 Å². The molecule has 38 heavy (non-hydrogen) atoms. The highest BCUT2D eigenvalue weighted by atomic mass is 35.5. The van der Waals surface area contributed by atoms with Gasteiger partial charge in [-0.2, -0.15) is 4.98 Å². The van der Waals surface area contributed by atoms with Gasteiger partial charge in [-0.25, -0.2) is 8.42 Å². The lowest BCUT2D eigenvalue weighted by Crippen LogP contribution is -2.27. The van der Waals surface area contributed by atoms with E-state index in [4.69, 9.17) is 11.6 Å². The molecule has 0 radical (unpaired) electrons. The van der Waals surface area contributed by atoms with Gasteiger partial charge in [0.05, 0.1) is 10.9 Å². The smallest absolute Gasteiger partial charge is 0.296 e. The number of hydrogen-bond acceptors (Lipinski definition) is 6. The summed E-state index contributed by atoms with van der Waals surface area (Å²) in [7, 11) is -4.39. The van der Waals surface area contributed by atoms with Crippen LogP contribution in [0.2, 0.25) is 5.02 Å². The molecule has 198 valence electrons. The molecule has 0 bridgehead atoms. The van der Waals surface area contributed by atoms with Crippen LogP contribution in [-0.2, 0) is 16.3 Å². The van der Waals surface area contributed by atoms with Crippen molar-refractivity contribution in [2.75, 3.05) is 0 Å². The molecule has 0 aliphatic rings. The summed E-state index contributed by atoms with van der Waals surface area (Å²) in [5.74, 6) is -0.277. The molecule has 0 aliphatic heterocycles. The van der Waals surface area contributed by atoms with E-state index in [-0.39, 0.29) is 4.90 Å². The molecule has 4 rings (SSSR count). The van der Waals surface area contributed by atoms with Crippen molar-refractivity contribution in [3.05, 3.63) is 99.3 Å². The van der Waals surface area contributed by atoms with Crippen molar-refractivity contribution in [1.29, 1.82) is 0 Å². The average molecular weight is 552 g/mol. The topological polar surface area (TPSA) is 102 Å². The number of sulfone groups is 1. The van der Waals surface area contributed by atoms with E-state index in [1.165, 1.54) is 16.7 Å². The Morgan fingerprint density at radius 1 is 1.08 bits per heavy atom. The van der Waals surface area contributed by atoms with Crippen molar-refractivity contribution in [1.82, 2.24) is 14.5 Å². The minimum atomic E-state index is -4.39. The van der Waals surface area contributed by atoms with Gasteiger partial charge in [-0.05, 0) is 72.4 Å². The molecule has 1 atom stereocenters. The van der Waals surface area contributed by atoms with E-state index in [1.807, 2.05) is 32.9 Å². The molecule has 0 amide bonds. The van der Waals surface area contributed by atoms with Crippen LogP contribution in [-0.4, -0.2) is 28.1 Å². The Labute approximate surface area is 227 Å². The lowest BCUT2D eigenvalue weighted by molar-refractivity contribution is 0.358. The number of pyridine rings is 1. The normalized spacial score (nSPS) is 12.4. The highest BCUT2D eigenvalue weighted by molar-refractivity contribution is 7.91. The van der Waals surface area contributed by atoms with Gasteiger partial charge in [0.15, 0.2) is 4.90 Å². The number of unbranched alkanes of at least 4 members (excludes halogenated alkanes) is 1. The van der Waals surface area contributed by atoms with Gasteiger partial charge >= 0.3 is 0 Å². The maximum absolute atomic E-state index is 13.7. The second-order valence-corrected chi connectivity index (χ2v) is 11.5. The Balaban J connectivity index is 1.87. The fraction of sp³-hybridized carbons (Fsp3) is 0.276. The fourth-order valence-corrected chi connectivity index (χ4v) is 6.18. The first-order valence-corrected chi connectivity index (χ1v) is 14.4. The molecule has 0 aliphatic carbocycles. The van der Waals surface area contributed by atoms with Crippen LogP contribution in [0.5, 0.6) is 5.88 Å². The highest BCUT2D eigenvalue weighted by Crippen LogP contribution is 2.34. The molecule has 0 fully saturated rings. The molecular formula is C29H30ClN3O4S. The van der Waals surface area contributed by atoms with E-state index < -0.39 is 32.2 Å². The summed E-state index contributed by atoms with van der Waals surface area (Å²) in [4.78, 5) is 20.6. The maximum atomic E-state index is 13.7. The van der Waals surface area contributed by atoms with Crippen LogP contribution >= 0.6 is 11.6 Å². The summed E-state index contributed by atoms with van der Waals surface area (Å²) in [6, 6.07) is 14.8. The summed E-state index contributed by atoms with van der Waals surface area (Å²) in [6.45, 7) is 5.84. The van der Waals surface area contributed by atoms with Crippen molar-refractivity contribution in [3.63, 3.8) is 0 Å². The number of nitrogens with zero attached hydrogens (tertiary/aromatic N) is 3. The molecular weight excluding hydrogens is 522 g/mol. The van der Waals surface area contributed by atoms with Crippen LogP contribution in [0.25, 0.3) is 11.1 Å². The first-order valence-electron chi connectivity index (χ1n) is 12.5. The quantitative estimate of drug-likeness (QED) is 0.268. The Bertz CT molecular complexity index is 1620. The Morgan fingerprint density at radius 2 is 1.82 bits per heavy atom. The van der Waals surface area contributed by atoms with Crippen LogP contribution < -0.4 is 5.56 Å². The molecule has 2 aromatic carbocycles. The minimum absolute atomic E-state index is 0.106. The SMILES string of the molecule is CCCCc1nc(=O)c(S(=O)(=O)c2ccc(-c3ccncc3C)cc2)c(O)n1[C@@H](CC)c1cccc(Cl)c1. The van der Waals surface area contributed by atoms with Crippen LogP contribution in [0.15, 0.2) is 81.6 Å². The third-order valence-corrected chi connectivity index (χ3v) is 8.61. The molecule has 2 aromatic heterocycles. The molecule has 0 spiro atoms. The predicted octanol–water partition coefficient (Wildman–Crippen LogP) is 6.15. The van der Waals surface area contributed by atoms with Crippen LogP contribution in [0.3, 0.4) is 0 Å².